The van der Waals surface area contributed by atoms with Gasteiger partial charge in [-0.2, -0.15) is 0 Å². The number of aryl methyl sites for hydroxylation is 1. The standard InChI is InChI=1S/C18H22N2/c1-3-19-14(2)12-13-20-17-10-6-4-8-15(17)16-9-5-7-11-18(16)20/h4-11,14,19H,3,12-13H2,1-2H3. The molecule has 104 valence electrons. The van der Waals surface area contributed by atoms with Crippen LogP contribution in [-0.2, 0) is 6.54 Å². The van der Waals surface area contributed by atoms with Crippen LogP contribution in [0.1, 0.15) is 20.3 Å². The lowest BCUT2D eigenvalue weighted by Crippen LogP contribution is -2.26. The molecule has 20 heavy (non-hydrogen) atoms. The third-order valence-corrected chi connectivity index (χ3v) is 4.02. The van der Waals surface area contributed by atoms with Crippen molar-refractivity contribution < 1.29 is 0 Å². The molecule has 1 aromatic heterocycles. The zero-order valence-corrected chi connectivity index (χ0v) is 12.3. The van der Waals surface area contributed by atoms with Crippen molar-refractivity contribution in [3.05, 3.63) is 48.5 Å². The molecular formula is C18H22N2. The molecule has 0 aliphatic heterocycles. The first kappa shape index (κ1) is 13.2. The van der Waals surface area contributed by atoms with E-state index >= 15 is 0 Å². The fourth-order valence-corrected chi connectivity index (χ4v) is 3.02. The number of rotatable bonds is 5. The van der Waals surface area contributed by atoms with Crippen LogP contribution in [0, 0.1) is 0 Å². The van der Waals surface area contributed by atoms with Crippen LogP contribution >= 0.6 is 0 Å². The number of hydrogen-bond donors (Lipinski definition) is 1. The minimum absolute atomic E-state index is 0.555. The van der Waals surface area contributed by atoms with Crippen molar-refractivity contribution in [3.63, 3.8) is 0 Å². The van der Waals surface area contributed by atoms with Crippen molar-refractivity contribution in [2.24, 2.45) is 0 Å². The predicted octanol–water partition coefficient (Wildman–Crippen LogP) is 4.18. The first-order valence-corrected chi connectivity index (χ1v) is 7.50. The second-order valence-electron chi connectivity index (χ2n) is 5.43. The van der Waals surface area contributed by atoms with Gasteiger partial charge in [-0.05, 0) is 32.0 Å². The Morgan fingerprint density at radius 3 is 2.05 bits per heavy atom. The second-order valence-corrected chi connectivity index (χ2v) is 5.43. The van der Waals surface area contributed by atoms with Crippen molar-refractivity contribution in [1.82, 2.24) is 9.88 Å². The zero-order chi connectivity index (χ0) is 13.9. The molecule has 0 saturated carbocycles. The van der Waals surface area contributed by atoms with Crippen molar-refractivity contribution in [3.8, 4) is 0 Å². The van der Waals surface area contributed by atoms with Gasteiger partial charge in [-0.1, -0.05) is 43.3 Å². The maximum atomic E-state index is 3.49. The van der Waals surface area contributed by atoms with Gasteiger partial charge in [-0.25, -0.2) is 0 Å². The summed E-state index contributed by atoms with van der Waals surface area (Å²) < 4.78 is 2.46. The Balaban J connectivity index is 2.03. The molecule has 3 rings (SSSR count). The van der Waals surface area contributed by atoms with E-state index in [-0.39, 0.29) is 0 Å². The monoisotopic (exact) mass is 266 g/mol. The average molecular weight is 266 g/mol. The Bertz CT molecular complexity index is 658. The van der Waals surface area contributed by atoms with Gasteiger partial charge < -0.3 is 9.88 Å². The minimum atomic E-state index is 0.555. The highest BCUT2D eigenvalue weighted by Crippen LogP contribution is 2.28. The van der Waals surface area contributed by atoms with Crippen LogP contribution in [0.3, 0.4) is 0 Å². The topological polar surface area (TPSA) is 17.0 Å². The van der Waals surface area contributed by atoms with E-state index in [4.69, 9.17) is 0 Å². The van der Waals surface area contributed by atoms with Crippen molar-refractivity contribution in [2.45, 2.75) is 32.9 Å². The van der Waals surface area contributed by atoms with Gasteiger partial charge in [-0.15, -0.1) is 0 Å². The number of para-hydroxylation sites is 2. The lowest BCUT2D eigenvalue weighted by molar-refractivity contribution is 0.497. The lowest BCUT2D eigenvalue weighted by atomic mass is 10.2. The summed E-state index contributed by atoms with van der Waals surface area (Å²) in [5.41, 5.74) is 2.69. The maximum absolute atomic E-state index is 3.49. The number of nitrogens with one attached hydrogen (secondary N) is 1. The summed E-state index contributed by atoms with van der Waals surface area (Å²) in [5.74, 6) is 0. The minimum Gasteiger partial charge on any atom is -0.340 e. The molecule has 1 atom stereocenters. The normalized spacial score (nSPS) is 13.1. The molecule has 0 amide bonds. The largest absolute Gasteiger partial charge is 0.340 e. The smallest absolute Gasteiger partial charge is 0.0491 e. The summed E-state index contributed by atoms with van der Waals surface area (Å²) in [6.45, 7) is 6.52. The summed E-state index contributed by atoms with van der Waals surface area (Å²) in [5, 5.41) is 6.21. The van der Waals surface area contributed by atoms with Gasteiger partial charge in [0.15, 0.2) is 0 Å². The van der Waals surface area contributed by atoms with Crippen LogP contribution in [0.15, 0.2) is 48.5 Å². The van der Waals surface area contributed by atoms with E-state index in [2.05, 4.69) is 72.3 Å². The molecule has 2 heteroatoms. The first-order valence-electron chi connectivity index (χ1n) is 7.50. The van der Waals surface area contributed by atoms with Crippen LogP contribution < -0.4 is 5.32 Å². The first-order chi connectivity index (χ1) is 9.81. The molecular weight excluding hydrogens is 244 g/mol. The van der Waals surface area contributed by atoms with E-state index in [0.717, 1.165) is 19.5 Å². The molecule has 2 aromatic carbocycles. The van der Waals surface area contributed by atoms with Crippen molar-refractivity contribution in [2.75, 3.05) is 6.54 Å². The molecule has 0 saturated heterocycles. The van der Waals surface area contributed by atoms with Crippen LogP contribution in [-0.4, -0.2) is 17.2 Å². The van der Waals surface area contributed by atoms with E-state index in [1.54, 1.807) is 0 Å². The van der Waals surface area contributed by atoms with Crippen molar-refractivity contribution in [1.29, 1.82) is 0 Å². The Hall–Kier alpha value is -1.80. The zero-order valence-electron chi connectivity index (χ0n) is 12.3. The molecule has 0 bridgehead atoms. The predicted molar refractivity (Wildman–Crippen MR) is 87.2 cm³/mol. The van der Waals surface area contributed by atoms with Crippen LogP contribution in [0.4, 0.5) is 0 Å². The van der Waals surface area contributed by atoms with Crippen LogP contribution in [0.5, 0.6) is 0 Å². The SMILES string of the molecule is CCNC(C)CCn1c2ccccc2c2ccccc21. The van der Waals surface area contributed by atoms with Crippen LogP contribution in [0.2, 0.25) is 0 Å². The second kappa shape index (κ2) is 5.68. The lowest BCUT2D eigenvalue weighted by Gasteiger charge is -2.14. The summed E-state index contributed by atoms with van der Waals surface area (Å²) in [6.07, 6.45) is 1.15. The summed E-state index contributed by atoms with van der Waals surface area (Å²) in [6, 6.07) is 18.0. The highest BCUT2D eigenvalue weighted by molar-refractivity contribution is 6.07. The molecule has 1 unspecified atom stereocenters. The molecule has 0 aliphatic carbocycles. The van der Waals surface area contributed by atoms with E-state index < -0.39 is 0 Å². The number of fused-ring (bicyclic) bond motifs is 3. The van der Waals surface area contributed by atoms with Crippen molar-refractivity contribution >= 4 is 21.8 Å². The summed E-state index contributed by atoms with van der Waals surface area (Å²) in [4.78, 5) is 0. The quantitative estimate of drug-likeness (QED) is 0.733. The van der Waals surface area contributed by atoms with Gasteiger partial charge in [0, 0.05) is 34.4 Å². The third kappa shape index (κ3) is 2.32. The summed E-state index contributed by atoms with van der Waals surface area (Å²) in [7, 11) is 0. The highest BCUT2D eigenvalue weighted by atomic mass is 15.0. The Morgan fingerprint density at radius 2 is 1.50 bits per heavy atom. The third-order valence-electron chi connectivity index (χ3n) is 4.02. The Labute approximate surface area is 120 Å². The summed E-state index contributed by atoms with van der Waals surface area (Å²) >= 11 is 0. The average Bonchev–Trinajstić information content (AvgIpc) is 2.80. The number of benzene rings is 2. The molecule has 1 N–H and O–H groups in total. The maximum Gasteiger partial charge on any atom is 0.0491 e. The van der Waals surface area contributed by atoms with Gasteiger partial charge in [-0.3, -0.25) is 0 Å². The Kier molecular flexibility index (Phi) is 3.75. The van der Waals surface area contributed by atoms with E-state index in [1.165, 1.54) is 21.8 Å². The molecule has 0 radical (unpaired) electrons. The molecule has 0 spiro atoms. The van der Waals surface area contributed by atoms with E-state index in [1.807, 2.05) is 0 Å². The van der Waals surface area contributed by atoms with Gasteiger partial charge in [0.05, 0.1) is 0 Å². The molecule has 2 nitrogen and oxygen atoms in total. The highest BCUT2D eigenvalue weighted by Gasteiger charge is 2.10. The van der Waals surface area contributed by atoms with Gasteiger partial charge in [0.25, 0.3) is 0 Å². The van der Waals surface area contributed by atoms with E-state index in [0.29, 0.717) is 6.04 Å². The number of nitrogens with zero attached hydrogens (tertiary/aromatic N) is 1. The van der Waals surface area contributed by atoms with Gasteiger partial charge in [0.2, 0.25) is 0 Å². The number of hydrogen-bond acceptors (Lipinski definition) is 1. The number of aromatic nitrogens is 1. The Morgan fingerprint density at radius 1 is 0.950 bits per heavy atom. The molecule has 0 fully saturated rings. The van der Waals surface area contributed by atoms with Crippen LogP contribution in [0.25, 0.3) is 21.8 Å². The van der Waals surface area contributed by atoms with E-state index in [9.17, 15) is 0 Å². The molecule has 1 heterocycles. The molecule has 3 aromatic rings. The van der Waals surface area contributed by atoms with Gasteiger partial charge in [0.1, 0.15) is 0 Å². The fraction of sp³-hybridized carbons (Fsp3) is 0.333. The fourth-order valence-electron chi connectivity index (χ4n) is 3.02. The van der Waals surface area contributed by atoms with Gasteiger partial charge >= 0.3 is 0 Å². The molecule has 0 aliphatic rings.